The van der Waals surface area contributed by atoms with Crippen molar-refractivity contribution >= 4 is 33.3 Å². The topological polar surface area (TPSA) is 73.5 Å². The van der Waals surface area contributed by atoms with Crippen LogP contribution in [0.5, 0.6) is 5.75 Å². The van der Waals surface area contributed by atoms with Crippen molar-refractivity contribution in [3.8, 4) is 16.9 Å². The first-order valence-corrected chi connectivity index (χ1v) is 9.32. The molecule has 0 saturated carbocycles. The van der Waals surface area contributed by atoms with Gasteiger partial charge in [0.2, 0.25) is 0 Å². The fourth-order valence-electron chi connectivity index (χ4n) is 3.27. The number of nitrogens with two attached hydrogens (primary N) is 1. The van der Waals surface area contributed by atoms with Gasteiger partial charge in [0, 0.05) is 24.8 Å². The smallest absolute Gasteiger partial charge is 0.142 e. The molecule has 0 amide bonds. The predicted molar refractivity (Wildman–Crippen MR) is 106 cm³/mol. The largest absolute Gasteiger partial charge is 0.495 e. The van der Waals surface area contributed by atoms with E-state index in [1.807, 2.05) is 24.4 Å². The van der Waals surface area contributed by atoms with Crippen LogP contribution in [0.25, 0.3) is 22.2 Å². The van der Waals surface area contributed by atoms with E-state index in [9.17, 15) is 0 Å². The highest BCUT2D eigenvalue weighted by Crippen LogP contribution is 2.35. The second-order valence-electron chi connectivity index (χ2n) is 7.07. The lowest BCUT2D eigenvalue weighted by atomic mass is 10.1. The van der Waals surface area contributed by atoms with Gasteiger partial charge in [0.25, 0.3) is 0 Å². The molecule has 0 atom stereocenters. The zero-order chi connectivity index (χ0) is 18.3. The van der Waals surface area contributed by atoms with Crippen molar-refractivity contribution in [2.75, 3.05) is 37.4 Å². The monoisotopic (exact) mass is 370 g/mol. The van der Waals surface area contributed by atoms with Gasteiger partial charge in [-0.1, -0.05) is 6.07 Å². The van der Waals surface area contributed by atoms with Gasteiger partial charge < -0.3 is 20.1 Å². The van der Waals surface area contributed by atoms with Crippen molar-refractivity contribution in [1.29, 1.82) is 0 Å². The summed E-state index contributed by atoms with van der Waals surface area (Å²) < 4.78 is 15.8. The maximum Gasteiger partial charge on any atom is 0.142 e. The molecular weight excluding hydrogens is 348 g/mol. The minimum Gasteiger partial charge on any atom is -0.495 e. The normalized spacial score (nSPS) is 16.8. The zero-order valence-electron chi connectivity index (χ0n) is 15.2. The standard InChI is InChI=1S/C19H22N4O2S/c1-19(2)11-23(6-7-25-19)18-17-15(22-26-18)8-13(10-21-17)12-4-5-14(20)16(9-12)24-3/h4-5,8-10H,6-7,11,20H2,1-3H3. The second kappa shape index (κ2) is 6.41. The number of methoxy groups -OCH3 is 1. The number of hydrogen-bond donors (Lipinski definition) is 1. The molecule has 1 saturated heterocycles. The lowest BCUT2D eigenvalue weighted by Gasteiger charge is -2.38. The first-order chi connectivity index (χ1) is 12.5. The summed E-state index contributed by atoms with van der Waals surface area (Å²) in [5, 5.41) is 1.11. The molecule has 6 nitrogen and oxygen atoms in total. The first-order valence-electron chi connectivity index (χ1n) is 8.55. The summed E-state index contributed by atoms with van der Waals surface area (Å²) in [6.07, 6.45) is 1.89. The molecular formula is C19H22N4O2S. The lowest BCUT2D eigenvalue weighted by Crippen LogP contribution is -2.48. The average molecular weight is 370 g/mol. The van der Waals surface area contributed by atoms with Crippen molar-refractivity contribution in [2.45, 2.75) is 19.4 Å². The van der Waals surface area contributed by atoms with Crippen LogP contribution in [0.1, 0.15) is 13.8 Å². The van der Waals surface area contributed by atoms with Crippen molar-refractivity contribution in [3.05, 3.63) is 30.5 Å². The molecule has 1 fully saturated rings. The number of fused-ring (bicyclic) bond motifs is 1. The molecule has 136 valence electrons. The number of nitrogen functional groups attached to an aromatic ring is 1. The van der Waals surface area contributed by atoms with E-state index in [1.54, 1.807) is 7.11 Å². The summed E-state index contributed by atoms with van der Waals surface area (Å²) in [5.41, 5.74) is 10.2. The molecule has 4 rings (SSSR count). The Bertz CT molecular complexity index is 954. The quantitative estimate of drug-likeness (QED) is 0.711. The molecule has 3 heterocycles. The van der Waals surface area contributed by atoms with E-state index in [0.717, 1.165) is 46.9 Å². The Morgan fingerprint density at radius 2 is 2.12 bits per heavy atom. The third-order valence-electron chi connectivity index (χ3n) is 4.58. The maximum absolute atomic E-state index is 5.91. The van der Waals surface area contributed by atoms with E-state index in [-0.39, 0.29) is 5.60 Å². The number of anilines is 2. The summed E-state index contributed by atoms with van der Waals surface area (Å²) >= 11 is 1.50. The maximum atomic E-state index is 5.91. The van der Waals surface area contributed by atoms with E-state index >= 15 is 0 Å². The summed E-state index contributed by atoms with van der Waals surface area (Å²) in [7, 11) is 1.62. The van der Waals surface area contributed by atoms with Gasteiger partial charge in [-0.2, -0.15) is 4.37 Å². The molecule has 0 radical (unpaired) electrons. The third kappa shape index (κ3) is 3.08. The predicted octanol–water partition coefficient (Wildman–Crippen LogP) is 3.56. The van der Waals surface area contributed by atoms with Gasteiger partial charge in [-0.3, -0.25) is 4.98 Å². The Morgan fingerprint density at radius 3 is 2.88 bits per heavy atom. The first kappa shape index (κ1) is 17.1. The number of benzene rings is 1. The number of aromatic nitrogens is 2. The third-order valence-corrected chi connectivity index (χ3v) is 5.49. The highest BCUT2D eigenvalue weighted by molar-refractivity contribution is 7.11. The number of pyridine rings is 1. The molecule has 1 aromatic carbocycles. The fourth-order valence-corrected chi connectivity index (χ4v) is 4.11. The molecule has 2 aromatic heterocycles. The van der Waals surface area contributed by atoms with Crippen LogP contribution in [0.2, 0.25) is 0 Å². The van der Waals surface area contributed by atoms with E-state index in [0.29, 0.717) is 11.4 Å². The highest BCUT2D eigenvalue weighted by atomic mass is 32.1. The van der Waals surface area contributed by atoms with Gasteiger partial charge in [0.15, 0.2) is 0 Å². The molecule has 0 bridgehead atoms. The lowest BCUT2D eigenvalue weighted by molar-refractivity contribution is -0.0274. The SMILES string of the molecule is COc1cc(-c2cnc3c(N4CCOC(C)(C)C4)snc3c2)ccc1N. The van der Waals surface area contributed by atoms with Crippen molar-refractivity contribution in [2.24, 2.45) is 0 Å². The van der Waals surface area contributed by atoms with Crippen LogP contribution in [-0.2, 0) is 4.74 Å². The Kier molecular flexibility index (Phi) is 4.20. The van der Waals surface area contributed by atoms with E-state index in [2.05, 4.69) is 29.2 Å². The highest BCUT2D eigenvalue weighted by Gasteiger charge is 2.29. The minimum absolute atomic E-state index is 0.158. The molecule has 0 unspecified atom stereocenters. The number of ether oxygens (including phenoxy) is 2. The molecule has 2 N–H and O–H groups in total. The molecule has 1 aliphatic heterocycles. The Labute approximate surface area is 156 Å². The summed E-state index contributed by atoms with van der Waals surface area (Å²) in [5.74, 6) is 0.664. The van der Waals surface area contributed by atoms with Crippen LogP contribution in [0, 0.1) is 0 Å². The molecule has 3 aromatic rings. The van der Waals surface area contributed by atoms with Crippen molar-refractivity contribution < 1.29 is 9.47 Å². The van der Waals surface area contributed by atoms with Crippen LogP contribution in [0.3, 0.4) is 0 Å². The molecule has 1 aliphatic rings. The number of morpholine rings is 1. The fraction of sp³-hybridized carbons (Fsp3) is 0.368. The van der Waals surface area contributed by atoms with E-state index in [4.69, 9.17) is 20.2 Å². The van der Waals surface area contributed by atoms with Gasteiger partial charge in [-0.15, -0.1) is 0 Å². The Morgan fingerprint density at radius 1 is 1.27 bits per heavy atom. The number of hydrogen-bond acceptors (Lipinski definition) is 7. The van der Waals surface area contributed by atoms with Gasteiger partial charge in [-0.25, -0.2) is 0 Å². The van der Waals surface area contributed by atoms with Gasteiger partial charge in [0.05, 0.1) is 25.0 Å². The van der Waals surface area contributed by atoms with E-state index < -0.39 is 0 Å². The average Bonchev–Trinajstić information content (AvgIpc) is 3.04. The van der Waals surface area contributed by atoms with Gasteiger partial charge in [0.1, 0.15) is 21.8 Å². The molecule has 0 spiro atoms. The second-order valence-corrected chi connectivity index (χ2v) is 7.82. The van der Waals surface area contributed by atoms with Crippen molar-refractivity contribution in [1.82, 2.24) is 9.36 Å². The minimum atomic E-state index is -0.158. The Balaban J connectivity index is 1.69. The van der Waals surface area contributed by atoms with Gasteiger partial charge >= 0.3 is 0 Å². The van der Waals surface area contributed by atoms with E-state index in [1.165, 1.54) is 11.5 Å². The number of rotatable bonds is 3. The van der Waals surface area contributed by atoms with Gasteiger partial charge in [-0.05, 0) is 49.1 Å². The zero-order valence-corrected chi connectivity index (χ0v) is 16.0. The van der Waals surface area contributed by atoms with Crippen LogP contribution in [-0.4, -0.2) is 41.8 Å². The summed E-state index contributed by atoms with van der Waals surface area (Å²) in [4.78, 5) is 7.03. The Hall–Kier alpha value is -2.38. The molecule has 7 heteroatoms. The summed E-state index contributed by atoms with van der Waals surface area (Å²) in [6, 6.07) is 7.81. The van der Waals surface area contributed by atoms with Crippen LogP contribution in [0.4, 0.5) is 10.7 Å². The molecule has 26 heavy (non-hydrogen) atoms. The van der Waals surface area contributed by atoms with Crippen LogP contribution >= 0.6 is 11.5 Å². The number of nitrogens with zero attached hydrogens (tertiary/aromatic N) is 3. The van der Waals surface area contributed by atoms with Crippen LogP contribution in [0.15, 0.2) is 30.5 Å². The van der Waals surface area contributed by atoms with Crippen molar-refractivity contribution in [3.63, 3.8) is 0 Å². The summed E-state index contributed by atoms with van der Waals surface area (Å²) in [6.45, 7) is 6.64. The van der Waals surface area contributed by atoms with Crippen LogP contribution < -0.4 is 15.4 Å². The molecule has 0 aliphatic carbocycles.